The molecule has 1 atom stereocenters. The lowest BCUT2D eigenvalue weighted by Gasteiger charge is -2.22. The molecule has 0 aliphatic heterocycles. The van der Waals surface area contributed by atoms with E-state index in [2.05, 4.69) is 9.72 Å². The second-order valence-corrected chi connectivity index (χ2v) is 6.16. The number of oxazole rings is 1. The maximum atomic E-state index is 12.0. The lowest BCUT2D eigenvalue weighted by atomic mass is 10.1. The molecule has 1 unspecified atom stereocenters. The van der Waals surface area contributed by atoms with Crippen molar-refractivity contribution in [3.63, 3.8) is 0 Å². The van der Waals surface area contributed by atoms with Crippen molar-refractivity contribution in [1.29, 1.82) is 0 Å². The third-order valence-corrected chi connectivity index (χ3v) is 3.08. The van der Waals surface area contributed by atoms with E-state index in [-0.39, 0.29) is 11.6 Å². The Labute approximate surface area is 139 Å². The SMILES string of the molecule is COC(=O)c1coc(-c2ccc(C(N)C(=O)OC(C)(C)C)cc2)n1. The van der Waals surface area contributed by atoms with Gasteiger partial charge in [0, 0.05) is 5.56 Å². The highest BCUT2D eigenvalue weighted by Crippen LogP contribution is 2.22. The van der Waals surface area contributed by atoms with Gasteiger partial charge in [0.2, 0.25) is 5.89 Å². The first kappa shape index (κ1) is 17.7. The zero-order valence-electron chi connectivity index (χ0n) is 14.0. The number of ether oxygens (including phenoxy) is 2. The quantitative estimate of drug-likeness (QED) is 0.857. The van der Waals surface area contributed by atoms with Crippen LogP contribution >= 0.6 is 0 Å². The van der Waals surface area contributed by atoms with Crippen molar-refractivity contribution in [3.05, 3.63) is 41.8 Å². The van der Waals surface area contributed by atoms with Gasteiger partial charge in [-0.25, -0.2) is 14.6 Å². The summed E-state index contributed by atoms with van der Waals surface area (Å²) < 4.78 is 15.1. The minimum absolute atomic E-state index is 0.0852. The standard InChI is InChI=1S/C17H20N2O5/c1-17(2,3)24-16(21)13(18)10-5-7-11(8-6-10)14-19-12(9-23-14)15(20)22-4/h5-9,13H,18H2,1-4H3. The van der Waals surface area contributed by atoms with E-state index in [9.17, 15) is 9.59 Å². The van der Waals surface area contributed by atoms with Crippen LogP contribution in [-0.2, 0) is 14.3 Å². The van der Waals surface area contributed by atoms with E-state index >= 15 is 0 Å². The lowest BCUT2D eigenvalue weighted by molar-refractivity contribution is -0.156. The van der Waals surface area contributed by atoms with Crippen LogP contribution in [0, 0.1) is 0 Å². The smallest absolute Gasteiger partial charge is 0.360 e. The molecule has 2 aromatic rings. The fraction of sp³-hybridized carbons (Fsp3) is 0.353. The molecule has 0 spiro atoms. The summed E-state index contributed by atoms with van der Waals surface area (Å²) in [6, 6.07) is 5.89. The van der Waals surface area contributed by atoms with Crippen LogP contribution in [0.3, 0.4) is 0 Å². The van der Waals surface area contributed by atoms with Gasteiger partial charge in [0.05, 0.1) is 7.11 Å². The maximum absolute atomic E-state index is 12.0. The molecule has 24 heavy (non-hydrogen) atoms. The Balaban J connectivity index is 2.14. The van der Waals surface area contributed by atoms with Crippen molar-refractivity contribution in [2.45, 2.75) is 32.4 Å². The molecule has 0 bridgehead atoms. The summed E-state index contributed by atoms with van der Waals surface area (Å²) in [5.74, 6) is -0.805. The number of carbonyl (C=O) groups excluding carboxylic acids is 2. The van der Waals surface area contributed by atoms with Gasteiger partial charge >= 0.3 is 11.9 Å². The number of benzene rings is 1. The summed E-state index contributed by atoms with van der Waals surface area (Å²) in [7, 11) is 1.27. The Bertz CT molecular complexity index is 728. The van der Waals surface area contributed by atoms with Crippen LogP contribution in [0.4, 0.5) is 0 Å². The van der Waals surface area contributed by atoms with Crippen molar-refractivity contribution >= 4 is 11.9 Å². The number of hydrogen-bond acceptors (Lipinski definition) is 7. The summed E-state index contributed by atoms with van der Waals surface area (Å²) in [6.45, 7) is 5.34. The first-order chi connectivity index (χ1) is 11.2. The van der Waals surface area contributed by atoms with Gasteiger partial charge in [-0.1, -0.05) is 12.1 Å². The van der Waals surface area contributed by atoms with E-state index in [0.717, 1.165) is 0 Å². The highest BCUT2D eigenvalue weighted by atomic mass is 16.6. The fourth-order valence-corrected chi connectivity index (χ4v) is 1.94. The van der Waals surface area contributed by atoms with Gasteiger partial charge in [0.1, 0.15) is 17.9 Å². The van der Waals surface area contributed by atoms with E-state index in [1.807, 2.05) is 0 Å². The van der Waals surface area contributed by atoms with Gasteiger partial charge in [-0.3, -0.25) is 0 Å². The molecule has 7 heteroatoms. The summed E-state index contributed by atoms with van der Waals surface area (Å²) in [6.07, 6.45) is 1.22. The number of carbonyl (C=O) groups is 2. The Hall–Kier alpha value is -2.67. The van der Waals surface area contributed by atoms with Gasteiger partial charge in [-0.2, -0.15) is 0 Å². The first-order valence-electron chi connectivity index (χ1n) is 7.34. The van der Waals surface area contributed by atoms with Crippen molar-refractivity contribution in [3.8, 4) is 11.5 Å². The molecule has 1 heterocycles. The number of aromatic nitrogens is 1. The molecule has 0 radical (unpaired) electrons. The summed E-state index contributed by atoms with van der Waals surface area (Å²) >= 11 is 0. The van der Waals surface area contributed by atoms with E-state index in [4.69, 9.17) is 14.9 Å². The predicted molar refractivity (Wildman–Crippen MR) is 86.1 cm³/mol. The molecule has 0 amide bonds. The van der Waals surface area contributed by atoms with E-state index < -0.39 is 23.6 Å². The van der Waals surface area contributed by atoms with Gasteiger partial charge in [-0.05, 0) is 38.5 Å². The highest BCUT2D eigenvalue weighted by Gasteiger charge is 2.23. The molecule has 0 saturated carbocycles. The molecule has 0 aliphatic rings. The van der Waals surface area contributed by atoms with Gasteiger partial charge in [0.15, 0.2) is 5.69 Å². The molecule has 2 rings (SSSR count). The van der Waals surface area contributed by atoms with Crippen LogP contribution in [0.25, 0.3) is 11.5 Å². The van der Waals surface area contributed by atoms with Gasteiger partial charge in [0.25, 0.3) is 0 Å². The number of methoxy groups -OCH3 is 1. The number of hydrogen-bond donors (Lipinski definition) is 1. The van der Waals surface area contributed by atoms with Gasteiger partial charge in [-0.15, -0.1) is 0 Å². The molecule has 2 N–H and O–H groups in total. The Morgan fingerprint density at radius 3 is 2.38 bits per heavy atom. The topological polar surface area (TPSA) is 105 Å². The van der Waals surface area contributed by atoms with Crippen molar-refractivity contribution in [2.75, 3.05) is 7.11 Å². The predicted octanol–water partition coefficient (Wildman–Crippen LogP) is 2.47. The number of nitrogens with zero attached hydrogens (tertiary/aromatic N) is 1. The number of esters is 2. The molecule has 7 nitrogen and oxygen atoms in total. The molecule has 0 aliphatic carbocycles. The minimum atomic E-state index is -0.881. The van der Waals surface area contributed by atoms with Crippen LogP contribution in [-0.4, -0.2) is 29.6 Å². The van der Waals surface area contributed by atoms with Crippen LogP contribution in [0.15, 0.2) is 34.9 Å². The molecule has 1 aromatic carbocycles. The summed E-state index contributed by atoms with van der Waals surface area (Å²) in [5.41, 5.74) is 6.65. The Morgan fingerprint density at radius 1 is 1.21 bits per heavy atom. The Morgan fingerprint density at radius 2 is 1.83 bits per heavy atom. The second kappa shape index (κ2) is 6.84. The largest absolute Gasteiger partial charge is 0.464 e. The van der Waals surface area contributed by atoms with Gasteiger partial charge < -0.3 is 19.6 Å². The zero-order chi connectivity index (χ0) is 17.9. The molecule has 0 fully saturated rings. The minimum Gasteiger partial charge on any atom is -0.464 e. The molecule has 0 saturated heterocycles. The maximum Gasteiger partial charge on any atom is 0.360 e. The zero-order valence-corrected chi connectivity index (χ0v) is 14.0. The average Bonchev–Trinajstić information content (AvgIpc) is 3.02. The van der Waals surface area contributed by atoms with Crippen molar-refractivity contribution in [2.24, 2.45) is 5.73 Å². The third kappa shape index (κ3) is 4.20. The second-order valence-electron chi connectivity index (χ2n) is 6.16. The first-order valence-corrected chi connectivity index (χ1v) is 7.34. The van der Waals surface area contributed by atoms with Crippen molar-refractivity contribution < 1.29 is 23.5 Å². The molecule has 1 aromatic heterocycles. The van der Waals surface area contributed by atoms with E-state index in [0.29, 0.717) is 11.1 Å². The Kier molecular flexibility index (Phi) is 5.04. The van der Waals surface area contributed by atoms with Crippen LogP contribution in [0.5, 0.6) is 0 Å². The highest BCUT2D eigenvalue weighted by molar-refractivity contribution is 5.87. The average molecular weight is 332 g/mol. The summed E-state index contributed by atoms with van der Waals surface area (Å²) in [4.78, 5) is 27.4. The molecular weight excluding hydrogens is 312 g/mol. The molecule has 128 valence electrons. The van der Waals surface area contributed by atoms with Crippen LogP contribution < -0.4 is 5.73 Å². The normalized spacial score (nSPS) is 12.5. The summed E-state index contributed by atoms with van der Waals surface area (Å²) in [5, 5.41) is 0. The third-order valence-electron chi connectivity index (χ3n) is 3.08. The fourth-order valence-electron chi connectivity index (χ4n) is 1.94. The van der Waals surface area contributed by atoms with Crippen molar-refractivity contribution in [1.82, 2.24) is 4.98 Å². The van der Waals surface area contributed by atoms with E-state index in [1.165, 1.54) is 13.4 Å². The van der Waals surface area contributed by atoms with Crippen LogP contribution in [0.2, 0.25) is 0 Å². The lowest BCUT2D eigenvalue weighted by Crippen LogP contribution is -2.31. The monoisotopic (exact) mass is 332 g/mol. The number of rotatable bonds is 4. The number of nitrogens with two attached hydrogens (primary N) is 1. The molecular formula is C17H20N2O5. The van der Waals surface area contributed by atoms with Crippen LogP contribution in [0.1, 0.15) is 42.9 Å². The van der Waals surface area contributed by atoms with E-state index in [1.54, 1.807) is 45.0 Å².